The third kappa shape index (κ3) is 1.66. The van der Waals surface area contributed by atoms with Gasteiger partial charge >= 0.3 is 5.97 Å². The maximum atomic E-state index is 12.9. The molecule has 4 unspecified atom stereocenters. The third-order valence-corrected chi connectivity index (χ3v) is 2.79. The Morgan fingerprint density at radius 2 is 2.00 bits per heavy atom. The Kier molecular flexibility index (Phi) is 2.21. The summed E-state index contributed by atoms with van der Waals surface area (Å²) in [5.74, 6) is -0.912. The molecule has 2 fully saturated rings. The maximum Gasteiger partial charge on any atom is 0.335 e. The molecule has 0 bridgehead atoms. The van der Waals surface area contributed by atoms with Gasteiger partial charge in [0, 0.05) is 12.1 Å². The summed E-state index contributed by atoms with van der Waals surface area (Å²) >= 11 is 0. The fraction of sp³-hybridized carbons (Fsp3) is 0.875. The third-order valence-electron chi connectivity index (χ3n) is 2.79. The van der Waals surface area contributed by atoms with Gasteiger partial charge in [0.15, 0.2) is 6.17 Å². The van der Waals surface area contributed by atoms with Crippen molar-refractivity contribution in [2.24, 2.45) is 0 Å². The molecule has 74 valence electrons. The molecule has 4 atom stereocenters. The van der Waals surface area contributed by atoms with Crippen LogP contribution < -0.4 is 10.6 Å². The molecule has 13 heavy (non-hydrogen) atoms. The van der Waals surface area contributed by atoms with Gasteiger partial charge in [0.05, 0.1) is 0 Å². The molecule has 0 aromatic rings. The van der Waals surface area contributed by atoms with E-state index in [-0.39, 0.29) is 12.1 Å². The number of hydrogen-bond donors (Lipinski definition) is 3. The number of rotatable bonds is 1. The summed E-state index contributed by atoms with van der Waals surface area (Å²) in [4.78, 5) is 10.6. The largest absolute Gasteiger partial charge is 0.479 e. The Bertz CT molecular complexity index is 224. The molecule has 3 N–H and O–H groups in total. The Labute approximate surface area is 75.5 Å². The van der Waals surface area contributed by atoms with Crippen molar-refractivity contribution in [1.29, 1.82) is 0 Å². The monoisotopic (exact) mass is 188 g/mol. The average molecular weight is 188 g/mol. The van der Waals surface area contributed by atoms with Gasteiger partial charge in [-0.3, -0.25) is 10.6 Å². The molecule has 5 heteroatoms. The minimum absolute atomic E-state index is 0.00940. The van der Waals surface area contributed by atoms with Crippen LogP contribution >= 0.6 is 0 Å². The first-order chi connectivity index (χ1) is 6.16. The van der Waals surface area contributed by atoms with Crippen molar-refractivity contribution in [2.45, 2.75) is 43.7 Å². The Morgan fingerprint density at radius 3 is 2.69 bits per heavy atom. The first-order valence-electron chi connectivity index (χ1n) is 4.56. The molecule has 0 aromatic heterocycles. The zero-order valence-electron chi connectivity index (χ0n) is 7.16. The van der Waals surface area contributed by atoms with Gasteiger partial charge in [-0.25, -0.2) is 9.18 Å². The number of hydrogen-bond acceptors (Lipinski definition) is 3. The zero-order valence-corrected chi connectivity index (χ0v) is 7.16. The minimum Gasteiger partial charge on any atom is -0.479 e. The lowest BCUT2D eigenvalue weighted by Crippen LogP contribution is -2.41. The van der Waals surface area contributed by atoms with Crippen LogP contribution in [0.3, 0.4) is 0 Å². The first-order valence-corrected chi connectivity index (χ1v) is 4.56. The van der Waals surface area contributed by atoms with Gasteiger partial charge in [-0.1, -0.05) is 0 Å². The minimum atomic E-state index is -0.912. The molecule has 1 saturated carbocycles. The Balaban J connectivity index is 1.98. The van der Waals surface area contributed by atoms with Crippen LogP contribution in [0.4, 0.5) is 4.39 Å². The van der Waals surface area contributed by atoms with Crippen molar-refractivity contribution in [3.63, 3.8) is 0 Å². The molecule has 0 amide bonds. The standard InChI is InChI=1S/C8H13FN2O2/c9-4-1-2-5-6(3-4)11-7(10-5)8(12)13/h4-7,10-11H,1-3H2,(H,12,13). The van der Waals surface area contributed by atoms with Crippen LogP contribution in [0.2, 0.25) is 0 Å². The topological polar surface area (TPSA) is 61.4 Å². The fourth-order valence-corrected chi connectivity index (χ4v) is 2.12. The summed E-state index contributed by atoms with van der Waals surface area (Å²) in [6, 6.07) is 0.123. The average Bonchev–Trinajstić information content (AvgIpc) is 2.46. The summed E-state index contributed by atoms with van der Waals surface area (Å²) in [5.41, 5.74) is 0. The van der Waals surface area contributed by atoms with E-state index < -0.39 is 18.3 Å². The SMILES string of the molecule is O=C(O)C1NC2CCC(F)CC2N1. The second-order valence-corrected chi connectivity index (χ2v) is 3.73. The Morgan fingerprint density at radius 1 is 1.31 bits per heavy atom. The van der Waals surface area contributed by atoms with Crippen LogP contribution in [0, 0.1) is 0 Å². The van der Waals surface area contributed by atoms with Crippen LogP contribution in [0.5, 0.6) is 0 Å². The summed E-state index contributed by atoms with van der Waals surface area (Å²) in [6.07, 6.45) is 0.232. The van der Waals surface area contributed by atoms with Gasteiger partial charge in [0.2, 0.25) is 0 Å². The van der Waals surface area contributed by atoms with Crippen LogP contribution in [-0.2, 0) is 4.79 Å². The molecule has 2 aliphatic rings. The molecule has 0 aromatic carbocycles. The van der Waals surface area contributed by atoms with Crippen LogP contribution in [-0.4, -0.2) is 35.5 Å². The zero-order chi connectivity index (χ0) is 9.42. The highest BCUT2D eigenvalue weighted by molar-refractivity contribution is 5.73. The van der Waals surface area contributed by atoms with E-state index in [1.54, 1.807) is 0 Å². The van der Waals surface area contributed by atoms with Gasteiger partial charge in [-0.05, 0) is 19.3 Å². The smallest absolute Gasteiger partial charge is 0.335 e. The number of aliphatic carboxylic acids is 1. The normalized spacial score (nSPS) is 44.4. The van der Waals surface area contributed by atoms with E-state index in [1.165, 1.54) is 0 Å². The number of carboxylic acids is 1. The molecule has 0 spiro atoms. The van der Waals surface area contributed by atoms with E-state index in [2.05, 4.69) is 10.6 Å². The van der Waals surface area contributed by atoms with Gasteiger partial charge in [0.1, 0.15) is 6.17 Å². The van der Waals surface area contributed by atoms with Crippen molar-refractivity contribution in [1.82, 2.24) is 10.6 Å². The number of nitrogens with one attached hydrogen (secondary N) is 2. The number of carboxylic acid groups (broad SMARTS) is 1. The van der Waals surface area contributed by atoms with Crippen molar-refractivity contribution in [3.8, 4) is 0 Å². The second kappa shape index (κ2) is 3.23. The molecule has 1 aliphatic heterocycles. The first kappa shape index (κ1) is 8.90. The molecular formula is C8H13FN2O2. The van der Waals surface area contributed by atoms with Gasteiger partial charge in [0.25, 0.3) is 0 Å². The Hall–Kier alpha value is -0.680. The lowest BCUT2D eigenvalue weighted by atomic mass is 9.90. The van der Waals surface area contributed by atoms with Crippen LogP contribution in [0.25, 0.3) is 0 Å². The molecular weight excluding hydrogens is 175 g/mol. The number of carbonyl (C=O) groups is 1. The molecule has 1 aliphatic carbocycles. The molecule has 1 saturated heterocycles. The predicted molar refractivity (Wildman–Crippen MR) is 44.0 cm³/mol. The molecule has 0 radical (unpaired) electrons. The van der Waals surface area contributed by atoms with Gasteiger partial charge in [-0.15, -0.1) is 0 Å². The number of alkyl halides is 1. The highest BCUT2D eigenvalue weighted by Crippen LogP contribution is 2.25. The molecule has 1 heterocycles. The van der Waals surface area contributed by atoms with Crippen LogP contribution in [0.15, 0.2) is 0 Å². The van der Waals surface area contributed by atoms with E-state index in [0.717, 1.165) is 6.42 Å². The predicted octanol–water partition coefficient (Wildman–Crippen LogP) is -0.151. The van der Waals surface area contributed by atoms with Crippen molar-refractivity contribution in [3.05, 3.63) is 0 Å². The van der Waals surface area contributed by atoms with Crippen molar-refractivity contribution < 1.29 is 14.3 Å². The second-order valence-electron chi connectivity index (χ2n) is 3.73. The lowest BCUT2D eigenvalue weighted by molar-refractivity contribution is -0.139. The van der Waals surface area contributed by atoms with E-state index in [1.807, 2.05) is 0 Å². The summed E-state index contributed by atoms with van der Waals surface area (Å²) < 4.78 is 12.9. The number of fused-ring (bicyclic) bond motifs is 1. The van der Waals surface area contributed by atoms with E-state index in [9.17, 15) is 9.18 Å². The van der Waals surface area contributed by atoms with E-state index >= 15 is 0 Å². The van der Waals surface area contributed by atoms with Gasteiger partial charge in [-0.2, -0.15) is 0 Å². The van der Waals surface area contributed by atoms with Crippen LogP contribution in [0.1, 0.15) is 19.3 Å². The summed E-state index contributed by atoms with van der Waals surface area (Å²) in [6.45, 7) is 0. The van der Waals surface area contributed by atoms with Crippen molar-refractivity contribution >= 4 is 5.97 Å². The highest BCUT2D eigenvalue weighted by Gasteiger charge is 2.40. The molecule has 2 rings (SSSR count). The van der Waals surface area contributed by atoms with Crippen molar-refractivity contribution in [2.75, 3.05) is 0 Å². The highest BCUT2D eigenvalue weighted by atomic mass is 19.1. The summed E-state index contributed by atoms with van der Waals surface area (Å²) in [7, 11) is 0. The lowest BCUT2D eigenvalue weighted by Gasteiger charge is -2.26. The molecule has 4 nitrogen and oxygen atoms in total. The van der Waals surface area contributed by atoms with E-state index in [0.29, 0.717) is 12.8 Å². The number of halogens is 1. The fourth-order valence-electron chi connectivity index (χ4n) is 2.12. The summed E-state index contributed by atoms with van der Waals surface area (Å²) in [5, 5.41) is 14.5. The quantitative estimate of drug-likeness (QED) is 0.535. The van der Waals surface area contributed by atoms with E-state index in [4.69, 9.17) is 5.11 Å². The van der Waals surface area contributed by atoms with Gasteiger partial charge < -0.3 is 5.11 Å². The maximum absolute atomic E-state index is 12.9.